The van der Waals surface area contributed by atoms with Crippen LogP contribution in [0, 0.1) is 6.92 Å². The molecule has 0 aliphatic heterocycles. The summed E-state index contributed by atoms with van der Waals surface area (Å²) in [6.07, 6.45) is -0.590. The van der Waals surface area contributed by atoms with Crippen molar-refractivity contribution < 1.29 is 26.7 Å². The second-order valence-corrected chi connectivity index (χ2v) is 8.15. The summed E-state index contributed by atoms with van der Waals surface area (Å²) in [7, 11) is 4.11. The number of rotatable bonds is 7. The number of halogens is 4. The molecule has 7 heteroatoms. The lowest BCUT2D eigenvalue weighted by atomic mass is 10.2. The largest absolute Gasteiger partial charge is 1.00 e. The third-order valence-electron chi connectivity index (χ3n) is 3.87. The van der Waals surface area contributed by atoms with Gasteiger partial charge in [-0.15, -0.1) is 0 Å². The molecule has 1 N–H and O–H groups in total. The summed E-state index contributed by atoms with van der Waals surface area (Å²) in [5.41, 5.74) is 2.02. The molecule has 2 aromatic carbocycles. The Labute approximate surface area is 176 Å². The van der Waals surface area contributed by atoms with Crippen LogP contribution >= 0.6 is 34.8 Å². The van der Waals surface area contributed by atoms with Crippen LogP contribution in [0.25, 0.3) is 0 Å². The number of aliphatic hydroxyl groups excluding tert-OH is 1. The van der Waals surface area contributed by atoms with Crippen molar-refractivity contribution in [3.05, 3.63) is 62.6 Å². The molecule has 2 aromatic rings. The number of ether oxygens (including phenoxy) is 1. The monoisotopic (exact) mass is 437 g/mol. The Morgan fingerprint density at radius 2 is 1.73 bits per heavy atom. The molecular weight excluding hydrogens is 416 g/mol. The molecule has 0 spiro atoms. The number of quaternary nitrogens is 1. The Kier molecular flexibility index (Phi) is 9.01. The van der Waals surface area contributed by atoms with Crippen LogP contribution in [0.4, 0.5) is 0 Å². The van der Waals surface area contributed by atoms with Gasteiger partial charge < -0.3 is 26.7 Å². The van der Waals surface area contributed by atoms with E-state index >= 15 is 0 Å². The summed E-state index contributed by atoms with van der Waals surface area (Å²) < 4.78 is 6.33. The highest BCUT2D eigenvalue weighted by atomic mass is 35.5. The van der Waals surface area contributed by atoms with Crippen LogP contribution in [0.1, 0.15) is 11.1 Å². The molecule has 0 aliphatic rings. The molecule has 1 unspecified atom stereocenters. The normalized spacial score (nSPS) is 12.4. The zero-order valence-electron chi connectivity index (χ0n) is 15.0. The van der Waals surface area contributed by atoms with E-state index in [2.05, 4.69) is 14.1 Å². The van der Waals surface area contributed by atoms with Gasteiger partial charge in [0.25, 0.3) is 0 Å². The van der Waals surface area contributed by atoms with Crippen LogP contribution in [-0.2, 0) is 6.54 Å². The molecule has 26 heavy (non-hydrogen) atoms. The molecular formula is C19H23Cl4NO2. The third-order valence-corrected chi connectivity index (χ3v) is 4.84. The number of benzene rings is 2. The van der Waals surface area contributed by atoms with Crippen molar-refractivity contribution in [3.8, 4) is 5.75 Å². The van der Waals surface area contributed by atoms with Crippen LogP contribution in [-0.4, -0.2) is 42.9 Å². The van der Waals surface area contributed by atoms with Gasteiger partial charge in [0.15, 0.2) is 0 Å². The van der Waals surface area contributed by atoms with Gasteiger partial charge in [0.1, 0.15) is 31.5 Å². The summed E-state index contributed by atoms with van der Waals surface area (Å²) in [6.45, 7) is 3.43. The summed E-state index contributed by atoms with van der Waals surface area (Å²) >= 11 is 18.0. The van der Waals surface area contributed by atoms with Crippen molar-refractivity contribution >= 4 is 34.8 Å². The minimum absolute atomic E-state index is 0. The van der Waals surface area contributed by atoms with E-state index in [0.29, 0.717) is 26.1 Å². The Balaban J connectivity index is 0.00000338. The Morgan fingerprint density at radius 3 is 2.35 bits per heavy atom. The van der Waals surface area contributed by atoms with Gasteiger partial charge in [-0.25, -0.2) is 0 Å². The number of aryl methyl sites for hydroxylation is 1. The van der Waals surface area contributed by atoms with Crippen molar-refractivity contribution in [2.45, 2.75) is 19.6 Å². The predicted octanol–water partition coefficient (Wildman–Crippen LogP) is 1.98. The fourth-order valence-electron chi connectivity index (χ4n) is 2.78. The van der Waals surface area contributed by atoms with Crippen LogP contribution < -0.4 is 17.1 Å². The fourth-order valence-corrected chi connectivity index (χ4v) is 3.33. The SMILES string of the molecule is Cc1cc(Cl)ccc1OCC(O)C[N+](C)(C)Cc1ccc(Cl)c(Cl)c1.[Cl-]. The number of nitrogens with zero attached hydrogens (tertiary/aromatic N) is 1. The van der Waals surface area contributed by atoms with Crippen molar-refractivity contribution in [2.75, 3.05) is 27.2 Å². The Hall–Kier alpha value is -0.680. The van der Waals surface area contributed by atoms with Gasteiger partial charge >= 0.3 is 0 Å². The second kappa shape index (κ2) is 10.0. The fraction of sp³-hybridized carbons (Fsp3) is 0.368. The number of likely N-dealkylation sites (N-methyl/N-ethyl adjacent to an activating group) is 1. The zero-order chi connectivity index (χ0) is 18.6. The maximum atomic E-state index is 10.4. The maximum absolute atomic E-state index is 10.4. The number of hydrogen-bond donors (Lipinski definition) is 1. The first-order valence-electron chi connectivity index (χ1n) is 7.99. The molecule has 144 valence electrons. The minimum Gasteiger partial charge on any atom is -1.00 e. The van der Waals surface area contributed by atoms with Gasteiger partial charge in [0.2, 0.25) is 0 Å². The van der Waals surface area contributed by atoms with Gasteiger partial charge in [-0.2, -0.15) is 0 Å². The van der Waals surface area contributed by atoms with Crippen LogP contribution in [0.5, 0.6) is 5.75 Å². The lowest BCUT2D eigenvalue weighted by Gasteiger charge is -2.32. The summed E-state index contributed by atoms with van der Waals surface area (Å²) in [5, 5.41) is 12.1. The van der Waals surface area contributed by atoms with E-state index < -0.39 is 6.10 Å². The van der Waals surface area contributed by atoms with Gasteiger partial charge in [-0.1, -0.05) is 40.9 Å². The second-order valence-electron chi connectivity index (χ2n) is 6.90. The molecule has 0 aliphatic carbocycles. The van der Waals surface area contributed by atoms with Crippen molar-refractivity contribution in [1.82, 2.24) is 0 Å². The van der Waals surface area contributed by atoms with Crippen LogP contribution in [0.15, 0.2) is 36.4 Å². The van der Waals surface area contributed by atoms with Gasteiger partial charge in [0, 0.05) is 10.6 Å². The van der Waals surface area contributed by atoms with Crippen molar-refractivity contribution in [1.29, 1.82) is 0 Å². The molecule has 2 rings (SSSR count). The number of hydrogen-bond acceptors (Lipinski definition) is 2. The van der Waals surface area contributed by atoms with E-state index in [1.54, 1.807) is 12.1 Å². The van der Waals surface area contributed by atoms with Gasteiger partial charge in [-0.3, -0.25) is 0 Å². The molecule has 3 nitrogen and oxygen atoms in total. The average molecular weight is 439 g/mol. The maximum Gasteiger partial charge on any atom is 0.137 e. The van der Waals surface area contributed by atoms with E-state index in [-0.39, 0.29) is 19.0 Å². The van der Waals surface area contributed by atoms with E-state index in [1.807, 2.05) is 31.2 Å². The highest BCUT2D eigenvalue weighted by molar-refractivity contribution is 6.42. The minimum atomic E-state index is -0.590. The molecule has 0 bridgehead atoms. The van der Waals surface area contributed by atoms with Crippen molar-refractivity contribution in [2.24, 2.45) is 0 Å². The Morgan fingerprint density at radius 1 is 1.04 bits per heavy atom. The topological polar surface area (TPSA) is 29.5 Å². The first-order valence-corrected chi connectivity index (χ1v) is 9.12. The van der Waals surface area contributed by atoms with E-state index in [0.717, 1.165) is 23.4 Å². The third kappa shape index (κ3) is 7.15. The molecule has 0 aromatic heterocycles. The van der Waals surface area contributed by atoms with Crippen LogP contribution in [0.2, 0.25) is 15.1 Å². The van der Waals surface area contributed by atoms with Gasteiger partial charge in [-0.05, 0) is 42.8 Å². The van der Waals surface area contributed by atoms with Crippen molar-refractivity contribution in [3.63, 3.8) is 0 Å². The lowest BCUT2D eigenvalue weighted by Crippen LogP contribution is -3.00. The van der Waals surface area contributed by atoms with Crippen LogP contribution in [0.3, 0.4) is 0 Å². The van der Waals surface area contributed by atoms with E-state index in [9.17, 15) is 5.11 Å². The standard InChI is InChI=1S/C19H23Cl3NO2.ClH/c1-13-8-15(20)5-7-19(13)25-12-16(24)11-23(2,3)10-14-4-6-17(21)18(22)9-14;/h4-9,16,24H,10-12H2,1-3H3;1H/q+1;/p-1. The van der Waals surface area contributed by atoms with Gasteiger partial charge in [0.05, 0.1) is 24.1 Å². The molecule has 1 atom stereocenters. The van der Waals surface area contributed by atoms with E-state index in [4.69, 9.17) is 39.5 Å². The molecule has 0 saturated heterocycles. The lowest BCUT2D eigenvalue weighted by molar-refractivity contribution is -0.906. The molecule has 0 fully saturated rings. The summed E-state index contributed by atoms with van der Waals surface area (Å²) in [4.78, 5) is 0. The molecule has 0 saturated carbocycles. The smallest absolute Gasteiger partial charge is 0.137 e. The molecule has 0 amide bonds. The first kappa shape index (κ1) is 23.4. The zero-order valence-corrected chi connectivity index (χ0v) is 18.0. The van der Waals surface area contributed by atoms with E-state index in [1.165, 1.54) is 0 Å². The predicted molar refractivity (Wildman–Crippen MR) is 105 cm³/mol. The number of aliphatic hydroxyl groups is 1. The highest BCUT2D eigenvalue weighted by Gasteiger charge is 2.22. The molecule has 0 heterocycles. The Bertz CT molecular complexity index is 737. The summed E-state index contributed by atoms with van der Waals surface area (Å²) in [6, 6.07) is 11.0. The highest BCUT2D eigenvalue weighted by Crippen LogP contribution is 2.24. The quantitative estimate of drug-likeness (QED) is 0.669. The average Bonchev–Trinajstić information content (AvgIpc) is 2.49. The first-order chi connectivity index (χ1) is 11.7. The molecule has 0 radical (unpaired) electrons. The summed E-state index contributed by atoms with van der Waals surface area (Å²) in [5.74, 6) is 0.734.